The van der Waals surface area contributed by atoms with Gasteiger partial charge in [0.25, 0.3) is 0 Å². The normalized spacial score (nSPS) is 27.1. The summed E-state index contributed by atoms with van der Waals surface area (Å²) in [6, 6.07) is 6.67. The van der Waals surface area contributed by atoms with Gasteiger partial charge in [-0.2, -0.15) is 4.31 Å². The molecule has 2 unspecified atom stereocenters. The Morgan fingerprint density at radius 1 is 1.09 bits per heavy atom. The largest absolute Gasteiger partial charge is 0.461 e. The molecule has 2 aliphatic rings. The van der Waals surface area contributed by atoms with Gasteiger partial charge in [0.05, 0.1) is 4.90 Å². The van der Waals surface area contributed by atoms with Crippen molar-refractivity contribution in [2.24, 2.45) is 0 Å². The number of carbonyl (C=O) groups excluding carboxylic acids is 1. The number of esters is 1. The van der Waals surface area contributed by atoms with Crippen molar-refractivity contribution in [3.8, 4) is 0 Å². The van der Waals surface area contributed by atoms with Crippen LogP contribution >= 0.6 is 0 Å². The standard InChI is InChI=1S/C16H22N2O4S/c1-12-3-5-14(6-4-12)23(20,21)18-9-7-17(8-10-18)15-11-13(2)22-16(15)19/h3-6,13,15H,7-11H2,1-2H3. The zero-order valence-corrected chi connectivity index (χ0v) is 14.3. The lowest BCUT2D eigenvalue weighted by Gasteiger charge is -2.35. The molecule has 126 valence electrons. The van der Waals surface area contributed by atoms with E-state index in [0.717, 1.165) is 5.56 Å². The maximum absolute atomic E-state index is 12.7. The summed E-state index contributed by atoms with van der Waals surface area (Å²) in [6.07, 6.45) is 0.630. The lowest BCUT2D eigenvalue weighted by atomic mass is 10.1. The Balaban J connectivity index is 1.66. The first-order valence-electron chi connectivity index (χ1n) is 7.89. The molecule has 23 heavy (non-hydrogen) atoms. The molecule has 0 radical (unpaired) electrons. The van der Waals surface area contributed by atoms with Crippen molar-refractivity contribution in [3.63, 3.8) is 0 Å². The summed E-state index contributed by atoms with van der Waals surface area (Å²) in [6.45, 7) is 5.71. The Morgan fingerprint density at radius 3 is 2.22 bits per heavy atom. The molecule has 0 aliphatic carbocycles. The molecule has 2 atom stereocenters. The number of carbonyl (C=O) groups is 1. The Kier molecular flexibility index (Phi) is 4.44. The second-order valence-electron chi connectivity index (χ2n) is 6.25. The van der Waals surface area contributed by atoms with Crippen molar-refractivity contribution < 1.29 is 17.9 Å². The topological polar surface area (TPSA) is 66.9 Å². The molecule has 0 aromatic heterocycles. The average Bonchev–Trinajstić information content (AvgIpc) is 2.86. The van der Waals surface area contributed by atoms with Crippen LogP contribution < -0.4 is 0 Å². The van der Waals surface area contributed by atoms with Gasteiger partial charge in [0, 0.05) is 32.6 Å². The van der Waals surface area contributed by atoms with E-state index < -0.39 is 10.0 Å². The minimum atomic E-state index is -3.46. The Hall–Kier alpha value is -1.44. The van der Waals surface area contributed by atoms with Crippen LogP contribution in [0.25, 0.3) is 0 Å². The number of ether oxygens (including phenoxy) is 1. The molecule has 0 bridgehead atoms. The van der Waals surface area contributed by atoms with Gasteiger partial charge in [-0.15, -0.1) is 0 Å². The van der Waals surface area contributed by atoms with Crippen LogP contribution in [-0.2, 0) is 19.6 Å². The van der Waals surface area contributed by atoms with E-state index in [0.29, 0.717) is 37.5 Å². The second kappa shape index (κ2) is 6.22. The molecule has 2 aliphatic heterocycles. The molecule has 0 amide bonds. The number of aryl methyl sites for hydroxylation is 1. The Morgan fingerprint density at radius 2 is 1.70 bits per heavy atom. The highest BCUT2D eigenvalue weighted by molar-refractivity contribution is 7.89. The molecule has 1 aromatic rings. The Labute approximate surface area is 137 Å². The SMILES string of the molecule is Cc1ccc(S(=O)(=O)N2CCN(C3CC(C)OC3=O)CC2)cc1. The lowest BCUT2D eigenvalue weighted by molar-refractivity contribution is -0.145. The first-order valence-corrected chi connectivity index (χ1v) is 9.33. The van der Waals surface area contributed by atoms with Crippen LogP contribution in [0.4, 0.5) is 0 Å². The highest BCUT2D eigenvalue weighted by atomic mass is 32.2. The monoisotopic (exact) mass is 338 g/mol. The lowest BCUT2D eigenvalue weighted by Crippen LogP contribution is -2.53. The second-order valence-corrected chi connectivity index (χ2v) is 8.19. The first-order chi connectivity index (χ1) is 10.9. The number of hydrogen-bond donors (Lipinski definition) is 0. The van der Waals surface area contributed by atoms with E-state index in [4.69, 9.17) is 4.74 Å². The van der Waals surface area contributed by atoms with Gasteiger partial charge >= 0.3 is 5.97 Å². The van der Waals surface area contributed by atoms with E-state index >= 15 is 0 Å². The predicted octanol–water partition coefficient (Wildman–Crippen LogP) is 1.01. The van der Waals surface area contributed by atoms with Crippen molar-refractivity contribution in [1.82, 2.24) is 9.21 Å². The molecule has 0 saturated carbocycles. The van der Waals surface area contributed by atoms with Crippen LogP contribution in [0, 0.1) is 6.92 Å². The minimum Gasteiger partial charge on any atom is -0.461 e. The quantitative estimate of drug-likeness (QED) is 0.770. The van der Waals surface area contributed by atoms with Crippen molar-refractivity contribution in [3.05, 3.63) is 29.8 Å². The summed E-state index contributed by atoms with van der Waals surface area (Å²) >= 11 is 0. The molecule has 3 rings (SSSR count). The summed E-state index contributed by atoms with van der Waals surface area (Å²) in [5.74, 6) is -0.188. The number of cyclic esters (lactones) is 1. The van der Waals surface area contributed by atoms with E-state index in [-0.39, 0.29) is 18.1 Å². The van der Waals surface area contributed by atoms with Gasteiger partial charge in [0.2, 0.25) is 10.0 Å². The summed E-state index contributed by atoms with van der Waals surface area (Å²) in [5, 5.41) is 0. The molecule has 0 N–H and O–H groups in total. The number of piperazine rings is 1. The number of hydrogen-bond acceptors (Lipinski definition) is 5. The maximum Gasteiger partial charge on any atom is 0.323 e. The van der Waals surface area contributed by atoms with Crippen molar-refractivity contribution in [2.75, 3.05) is 26.2 Å². The van der Waals surface area contributed by atoms with Crippen LogP contribution in [0.3, 0.4) is 0 Å². The smallest absolute Gasteiger partial charge is 0.323 e. The van der Waals surface area contributed by atoms with Gasteiger partial charge in [-0.3, -0.25) is 9.69 Å². The zero-order valence-electron chi connectivity index (χ0n) is 13.4. The van der Waals surface area contributed by atoms with E-state index in [1.165, 1.54) is 4.31 Å². The summed E-state index contributed by atoms with van der Waals surface area (Å²) in [5.41, 5.74) is 1.03. The van der Waals surface area contributed by atoms with Crippen molar-refractivity contribution >= 4 is 16.0 Å². The molecule has 2 heterocycles. The third-order valence-electron chi connectivity index (χ3n) is 4.52. The van der Waals surface area contributed by atoms with E-state index in [1.807, 2.05) is 18.7 Å². The fourth-order valence-corrected chi connectivity index (χ4v) is 4.57. The Bertz CT molecular complexity index is 679. The molecule has 2 saturated heterocycles. The summed E-state index contributed by atoms with van der Waals surface area (Å²) < 4.78 is 32.0. The number of rotatable bonds is 3. The van der Waals surface area contributed by atoms with Crippen molar-refractivity contribution in [1.29, 1.82) is 0 Å². The predicted molar refractivity (Wildman–Crippen MR) is 85.5 cm³/mol. The van der Waals surface area contributed by atoms with Gasteiger partial charge in [-0.1, -0.05) is 17.7 Å². The van der Waals surface area contributed by atoms with Gasteiger partial charge in [0.15, 0.2) is 0 Å². The molecule has 2 fully saturated rings. The summed E-state index contributed by atoms with van der Waals surface area (Å²) in [4.78, 5) is 14.2. The molecule has 6 nitrogen and oxygen atoms in total. The number of sulfonamides is 1. The third-order valence-corrected chi connectivity index (χ3v) is 6.43. The van der Waals surface area contributed by atoms with Crippen LogP contribution in [-0.4, -0.2) is 61.9 Å². The molecule has 7 heteroatoms. The van der Waals surface area contributed by atoms with Gasteiger partial charge < -0.3 is 4.74 Å². The van der Waals surface area contributed by atoms with Gasteiger partial charge in [0.1, 0.15) is 12.1 Å². The molecular formula is C16H22N2O4S. The van der Waals surface area contributed by atoms with Crippen molar-refractivity contribution in [2.45, 2.75) is 37.3 Å². The van der Waals surface area contributed by atoms with Crippen LogP contribution in [0.5, 0.6) is 0 Å². The molecule has 1 aromatic carbocycles. The average molecular weight is 338 g/mol. The van der Waals surface area contributed by atoms with Gasteiger partial charge in [-0.05, 0) is 26.0 Å². The number of benzene rings is 1. The highest BCUT2D eigenvalue weighted by Gasteiger charge is 2.39. The fraction of sp³-hybridized carbons (Fsp3) is 0.562. The maximum atomic E-state index is 12.7. The summed E-state index contributed by atoms with van der Waals surface area (Å²) in [7, 11) is -3.46. The van der Waals surface area contributed by atoms with E-state index in [1.54, 1.807) is 24.3 Å². The first kappa shape index (κ1) is 16.4. The highest BCUT2D eigenvalue weighted by Crippen LogP contribution is 2.23. The van der Waals surface area contributed by atoms with Crippen LogP contribution in [0.1, 0.15) is 18.9 Å². The van der Waals surface area contributed by atoms with E-state index in [9.17, 15) is 13.2 Å². The third kappa shape index (κ3) is 3.27. The van der Waals surface area contributed by atoms with Gasteiger partial charge in [-0.25, -0.2) is 8.42 Å². The van der Waals surface area contributed by atoms with Crippen LogP contribution in [0.2, 0.25) is 0 Å². The molecule has 0 spiro atoms. The zero-order chi connectivity index (χ0) is 16.6. The van der Waals surface area contributed by atoms with E-state index in [2.05, 4.69) is 0 Å². The molecular weight excluding hydrogens is 316 g/mol. The fourth-order valence-electron chi connectivity index (χ4n) is 3.15. The van der Waals surface area contributed by atoms with Crippen LogP contribution in [0.15, 0.2) is 29.2 Å². The number of nitrogens with zero attached hydrogens (tertiary/aromatic N) is 2. The minimum absolute atomic E-state index is 0.0539.